The summed E-state index contributed by atoms with van der Waals surface area (Å²) >= 11 is 0. The first-order chi connectivity index (χ1) is 9.21. The van der Waals surface area contributed by atoms with E-state index in [2.05, 4.69) is 25.9 Å². The Labute approximate surface area is 119 Å². The van der Waals surface area contributed by atoms with Gasteiger partial charge in [-0.05, 0) is 37.5 Å². The molecule has 0 aliphatic rings. The molecule has 4 nitrogen and oxygen atoms in total. The van der Waals surface area contributed by atoms with Gasteiger partial charge in [0.25, 0.3) is 0 Å². The Balaban J connectivity index is 2.60. The Bertz CT molecular complexity index is 664. The minimum atomic E-state index is -0.926. The maximum atomic E-state index is 11.1. The fourth-order valence-corrected chi connectivity index (χ4v) is 2.75. The Morgan fingerprint density at radius 1 is 1.25 bits per heavy atom. The van der Waals surface area contributed by atoms with Crippen LogP contribution in [0.5, 0.6) is 0 Å². The van der Waals surface area contributed by atoms with E-state index in [-0.39, 0.29) is 11.0 Å². The van der Waals surface area contributed by atoms with Crippen LogP contribution in [0.25, 0.3) is 5.69 Å². The number of rotatable bonds is 2. The van der Waals surface area contributed by atoms with Crippen LogP contribution in [0.3, 0.4) is 0 Å². The molecule has 2 rings (SSSR count). The van der Waals surface area contributed by atoms with Crippen molar-refractivity contribution >= 4 is 5.97 Å². The number of aromatic nitrogens is 2. The zero-order valence-electron chi connectivity index (χ0n) is 12.6. The minimum absolute atomic E-state index is 0.0107. The van der Waals surface area contributed by atoms with Gasteiger partial charge in [-0.3, -0.25) is 0 Å². The van der Waals surface area contributed by atoms with Crippen LogP contribution >= 0.6 is 0 Å². The lowest BCUT2D eigenvalue weighted by Crippen LogP contribution is -2.14. The van der Waals surface area contributed by atoms with Crippen LogP contribution in [-0.4, -0.2) is 20.9 Å². The topological polar surface area (TPSA) is 55.1 Å². The van der Waals surface area contributed by atoms with Crippen LogP contribution in [0.4, 0.5) is 0 Å². The molecule has 0 atom stereocenters. The third-order valence-corrected chi connectivity index (χ3v) is 3.38. The van der Waals surface area contributed by atoms with Crippen molar-refractivity contribution in [3.05, 3.63) is 46.8 Å². The molecule has 0 bridgehead atoms. The number of nitrogens with zero attached hydrogens (tertiary/aromatic N) is 2. The predicted molar refractivity (Wildman–Crippen MR) is 78.7 cm³/mol. The molecular weight excluding hydrogens is 252 g/mol. The molecule has 0 saturated heterocycles. The maximum absolute atomic E-state index is 11.1. The molecule has 0 radical (unpaired) electrons. The Kier molecular flexibility index (Phi) is 3.42. The molecule has 0 saturated carbocycles. The van der Waals surface area contributed by atoms with Crippen molar-refractivity contribution in [2.24, 2.45) is 0 Å². The Morgan fingerprint density at radius 2 is 1.90 bits per heavy atom. The van der Waals surface area contributed by atoms with Crippen molar-refractivity contribution in [2.45, 2.75) is 40.0 Å². The molecule has 1 aromatic carbocycles. The highest BCUT2D eigenvalue weighted by atomic mass is 16.4. The highest BCUT2D eigenvalue weighted by molar-refractivity contribution is 5.88. The molecule has 0 amide bonds. The SMILES string of the molecule is Cc1nn(-c2cccc(C(=O)O)c2)c(C)c1C(C)(C)C. The number of carboxylic acid groups (broad SMARTS) is 1. The van der Waals surface area contributed by atoms with Gasteiger partial charge in [0.2, 0.25) is 0 Å². The first-order valence-corrected chi connectivity index (χ1v) is 6.62. The molecular formula is C16H20N2O2. The van der Waals surface area contributed by atoms with Gasteiger partial charge in [0, 0.05) is 11.3 Å². The number of carbonyl (C=O) groups is 1. The van der Waals surface area contributed by atoms with Crippen molar-refractivity contribution in [2.75, 3.05) is 0 Å². The largest absolute Gasteiger partial charge is 0.478 e. The first kappa shape index (κ1) is 14.3. The van der Waals surface area contributed by atoms with Crippen molar-refractivity contribution in [1.82, 2.24) is 9.78 Å². The summed E-state index contributed by atoms with van der Waals surface area (Å²) in [6.45, 7) is 10.5. The number of aryl methyl sites for hydroxylation is 1. The Hall–Kier alpha value is -2.10. The zero-order chi connectivity index (χ0) is 15.1. The molecule has 0 aliphatic heterocycles. The van der Waals surface area contributed by atoms with Crippen molar-refractivity contribution in [1.29, 1.82) is 0 Å². The number of hydrogen-bond donors (Lipinski definition) is 1. The third-order valence-electron chi connectivity index (χ3n) is 3.38. The van der Waals surface area contributed by atoms with Gasteiger partial charge in [0.1, 0.15) is 0 Å². The highest BCUT2D eigenvalue weighted by Gasteiger charge is 2.24. The molecule has 2 aromatic rings. The van der Waals surface area contributed by atoms with Crippen molar-refractivity contribution in [3.8, 4) is 5.69 Å². The lowest BCUT2D eigenvalue weighted by atomic mass is 9.85. The lowest BCUT2D eigenvalue weighted by Gasteiger charge is -2.19. The van der Waals surface area contributed by atoms with Crippen LogP contribution in [0.2, 0.25) is 0 Å². The first-order valence-electron chi connectivity index (χ1n) is 6.62. The number of carboxylic acids is 1. The summed E-state index contributed by atoms with van der Waals surface area (Å²) in [5.74, 6) is -0.926. The van der Waals surface area contributed by atoms with Gasteiger partial charge in [-0.15, -0.1) is 0 Å². The normalized spacial score (nSPS) is 11.7. The van der Waals surface area contributed by atoms with Gasteiger partial charge < -0.3 is 5.11 Å². The van der Waals surface area contributed by atoms with Crippen molar-refractivity contribution < 1.29 is 9.90 Å². The summed E-state index contributed by atoms with van der Waals surface area (Å²) in [5.41, 5.74) is 4.30. The minimum Gasteiger partial charge on any atom is -0.478 e. The molecule has 0 aliphatic carbocycles. The summed E-state index contributed by atoms with van der Waals surface area (Å²) in [6, 6.07) is 6.85. The van der Waals surface area contributed by atoms with E-state index in [0.29, 0.717) is 0 Å². The zero-order valence-corrected chi connectivity index (χ0v) is 12.6. The van der Waals surface area contributed by atoms with Crippen molar-refractivity contribution in [3.63, 3.8) is 0 Å². The summed E-state index contributed by atoms with van der Waals surface area (Å²) in [6.07, 6.45) is 0. The second-order valence-electron chi connectivity index (χ2n) is 6.06. The number of aromatic carboxylic acids is 1. The Morgan fingerprint density at radius 3 is 2.40 bits per heavy atom. The standard InChI is InChI=1S/C16H20N2O2/c1-10-14(16(3,4)5)11(2)18(17-10)13-8-6-7-12(9-13)15(19)20/h6-9H,1-5H3,(H,19,20). The summed E-state index contributed by atoms with van der Waals surface area (Å²) in [5, 5.41) is 13.7. The average Bonchev–Trinajstić information content (AvgIpc) is 2.64. The van der Waals surface area contributed by atoms with Crippen LogP contribution in [0.1, 0.15) is 48.1 Å². The summed E-state index contributed by atoms with van der Waals surface area (Å²) in [7, 11) is 0. The molecule has 0 spiro atoms. The molecule has 0 unspecified atom stereocenters. The average molecular weight is 272 g/mol. The van der Waals surface area contributed by atoms with Crippen LogP contribution in [0.15, 0.2) is 24.3 Å². The van der Waals surface area contributed by atoms with E-state index in [4.69, 9.17) is 5.11 Å². The maximum Gasteiger partial charge on any atom is 0.335 e. The van der Waals surface area contributed by atoms with Gasteiger partial charge in [0.05, 0.1) is 16.9 Å². The fourth-order valence-electron chi connectivity index (χ4n) is 2.75. The van der Waals surface area contributed by atoms with E-state index in [1.807, 2.05) is 24.6 Å². The van der Waals surface area contributed by atoms with Gasteiger partial charge in [0.15, 0.2) is 0 Å². The molecule has 1 heterocycles. The van der Waals surface area contributed by atoms with Gasteiger partial charge >= 0.3 is 5.97 Å². The molecule has 0 fully saturated rings. The quantitative estimate of drug-likeness (QED) is 0.910. The van der Waals surface area contributed by atoms with E-state index in [1.54, 1.807) is 18.2 Å². The van der Waals surface area contributed by atoms with Gasteiger partial charge in [-0.25, -0.2) is 9.48 Å². The van der Waals surface area contributed by atoms with Crippen LogP contribution < -0.4 is 0 Å². The lowest BCUT2D eigenvalue weighted by molar-refractivity contribution is 0.0697. The predicted octanol–water partition coefficient (Wildman–Crippen LogP) is 3.48. The monoisotopic (exact) mass is 272 g/mol. The van der Waals surface area contributed by atoms with Gasteiger partial charge in [-0.2, -0.15) is 5.10 Å². The van der Waals surface area contributed by atoms with E-state index in [0.717, 1.165) is 17.1 Å². The summed E-state index contributed by atoms with van der Waals surface area (Å²) < 4.78 is 1.82. The highest BCUT2D eigenvalue weighted by Crippen LogP contribution is 2.30. The smallest absolute Gasteiger partial charge is 0.335 e. The molecule has 1 N–H and O–H groups in total. The van der Waals surface area contributed by atoms with Crippen LogP contribution in [-0.2, 0) is 5.41 Å². The molecule has 106 valence electrons. The third kappa shape index (κ3) is 2.46. The molecule has 4 heteroatoms. The van der Waals surface area contributed by atoms with E-state index < -0.39 is 5.97 Å². The van der Waals surface area contributed by atoms with E-state index in [9.17, 15) is 4.79 Å². The number of hydrogen-bond acceptors (Lipinski definition) is 2. The fraction of sp³-hybridized carbons (Fsp3) is 0.375. The number of benzene rings is 1. The molecule has 20 heavy (non-hydrogen) atoms. The second-order valence-corrected chi connectivity index (χ2v) is 6.06. The summed E-state index contributed by atoms with van der Waals surface area (Å²) in [4.78, 5) is 11.1. The molecule has 1 aromatic heterocycles. The second kappa shape index (κ2) is 4.78. The van der Waals surface area contributed by atoms with E-state index in [1.165, 1.54) is 5.56 Å². The van der Waals surface area contributed by atoms with Crippen LogP contribution in [0, 0.1) is 13.8 Å². The van der Waals surface area contributed by atoms with E-state index >= 15 is 0 Å². The van der Waals surface area contributed by atoms with Gasteiger partial charge in [-0.1, -0.05) is 26.8 Å².